The van der Waals surface area contributed by atoms with Crippen molar-refractivity contribution in [1.29, 1.82) is 0 Å². The molecule has 0 radical (unpaired) electrons. The van der Waals surface area contributed by atoms with Crippen molar-refractivity contribution in [2.45, 2.75) is 25.9 Å². The molecule has 0 aliphatic carbocycles. The Balaban J connectivity index is 1.55. The predicted molar refractivity (Wildman–Crippen MR) is 154 cm³/mol. The van der Waals surface area contributed by atoms with Crippen LogP contribution in [0.4, 0.5) is 11.4 Å². The summed E-state index contributed by atoms with van der Waals surface area (Å²) >= 11 is 12.1. The summed E-state index contributed by atoms with van der Waals surface area (Å²) in [6.45, 7) is 3.96. The number of hydrogen-bond donors (Lipinski definition) is 2. The van der Waals surface area contributed by atoms with Crippen LogP contribution in [0.15, 0.2) is 77.3 Å². The van der Waals surface area contributed by atoms with Gasteiger partial charge in [0.05, 0.1) is 11.7 Å². The normalized spacial score (nSPS) is 16.9. The van der Waals surface area contributed by atoms with Gasteiger partial charge in [0.1, 0.15) is 24.2 Å². The zero-order chi connectivity index (χ0) is 26.8. The molecule has 0 spiro atoms. The molecule has 1 amide bonds. The number of nitrogens with one attached hydrogen (secondary N) is 2. The van der Waals surface area contributed by atoms with Crippen LogP contribution in [0.5, 0.6) is 0 Å². The van der Waals surface area contributed by atoms with E-state index in [0.717, 1.165) is 39.6 Å². The molecule has 0 saturated carbocycles. The number of nitrogens with zero attached hydrogens (tertiary/aromatic N) is 2. The first kappa shape index (κ1) is 25.9. The van der Waals surface area contributed by atoms with Crippen molar-refractivity contribution < 1.29 is 13.9 Å². The molecular formula is C29H27ClN4O3S. The Morgan fingerprint density at radius 1 is 1.13 bits per heavy atom. The summed E-state index contributed by atoms with van der Waals surface area (Å²) < 4.78 is 11.4. The summed E-state index contributed by atoms with van der Waals surface area (Å²) in [5.74, 6) is 1.25. The van der Waals surface area contributed by atoms with Crippen molar-refractivity contribution in [2.75, 3.05) is 23.9 Å². The molecule has 0 unspecified atom stereocenters. The maximum atomic E-state index is 12.1. The van der Waals surface area contributed by atoms with Crippen molar-refractivity contribution in [3.8, 4) is 11.3 Å². The number of ether oxygens (including phenoxy) is 1. The third-order valence-corrected chi connectivity index (χ3v) is 7.07. The van der Waals surface area contributed by atoms with Gasteiger partial charge in [-0.15, -0.1) is 0 Å². The molecule has 4 aromatic rings. The van der Waals surface area contributed by atoms with Crippen LogP contribution >= 0.6 is 23.8 Å². The fourth-order valence-electron chi connectivity index (χ4n) is 4.69. The van der Waals surface area contributed by atoms with Gasteiger partial charge in [0.15, 0.2) is 5.11 Å². The number of aryl methyl sites for hydroxylation is 2. The average Bonchev–Trinajstić information content (AvgIpc) is 3.52. The Morgan fingerprint density at radius 3 is 2.71 bits per heavy atom. The minimum absolute atomic E-state index is 0.0118. The van der Waals surface area contributed by atoms with E-state index in [1.54, 1.807) is 6.20 Å². The SMILES string of the molecule is COCC(=O)Nc1ccc(N2C(=S)N[C@H](c3ccccn3)[C@@H]2c2ccc(-c3cc(Cl)ccc3C)o2)cc1C. The van der Waals surface area contributed by atoms with Gasteiger partial charge in [-0.2, -0.15) is 0 Å². The number of furan rings is 1. The number of anilines is 2. The van der Waals surface area contributed by atoms with Gasteiger partial charge in [-0.1, -0.05) is 23.7 Å². The smallest absolute Gasteiger partial charge is 0.250 e. The van der Waals surface area contributed by atoms with Crippen molar-refractivity contribution in [3.05, 3.63) is 101 Å². The van der Waals surface area contributed by atoms with Crippen molar-refractivity contribution in [2.24, 2.45) is 0 Å². The molecule has 1 fully saturated rings. The summed E-state index contributed by atoms with van der Waals surface area (Å²) in [6, 6.07) is 20.8. The van der Waals surface area contributed by atoms with E-state index in [1.807, 2.05) is 85.5 Å². The number of benzene rings is 2. The Morgan fingerprint density at radius 2 is 1.97 bits per heavy atom. The van der Waals surface area contributed by atoms with Crippen molar-refractivity contribution >= 4 is 46.2 Å². The van der Waals surface area contributed by atoms with E-state index in [2.05, 4.69) is 15.6 Å². The van der Waals surface area contributed by atoms with E-state index in [9.17, 15) is 4.79 Å². The molecule has 0 bridgehead atoms. The predicted octanol–water partition coefficient (Wildman–Crippen LogP) is 6.37. The van der Waals surface area contributed by atoms with Crippen molar-refractivity contribution in [1.82, 2.24) is 10.3 Å². The second-order valence-electron chi connectivity index (χ2n) is 9.14. The molecular weight excluding hydrogens is 520 g/mol. The number of methoxy groups -OCH3 is 1. The van der Waals surface area contributed by atoms with Crippen LogP contribution in [0.25, 0.3) is 11.3 Å². The van der Waals surface area contributed by atoms with Crippen LogP contribution in [0.3, 0.4) is 0 Å². The monoisotopic (exact) mass is 546 g/mol. The maximum Gasteiger partial charge on any atom is 0.250 e. The number of carbonyl (C=O) groups excluding carboxylic acids is 1. The summed E-state index contributed by atoms with van der Waals surface area (Å²) in [7, 11) is 1.49. The van der Waals surface area contributed by atoms with Gasteiger partial charge in [-0.25, -0.2) is 0 Å². The summed E-state index contributed by atoms with van der Waals surface area (Å²) in [5, 5.41) is 7.53. The van der Waals surface area contributed by atoms with E-state index in [4.69, 9.17) is 33.0 Å². The fourth-order valence-corrected chi connectivity index (χ4v) is 5.21. The zero-order valence-electron chi connectivity index (χ0n) is 21.2. The molecule has 38 heavy (non-hydrogen) atoms. The number of carbonyl (C=O) groups is 1. The standard InChI is InChI=1S/C29H27ClN4O3S/c1-17-7-8-19(30)15-21(17)24-11-12-25(37-24)28-27(23-6-4-5-13-31-23)33-29(38)34(28)20-9-10-22(18(2)14-20)32-26(35)16-36-3/h4-15,27-28H,16H2,1-3H3,(H,32,35)(H,33,38)/t27-,28+/m1/s1. The number of aromatic nitrogens is 1. The molecule has 2 N–H and O–H groups in total. The molecule has 3 heterocycles. The molecule has 194 valence electrons. The summed E-state index contributed by atoms with van der Waals surface area (Å²) in [6.07, 6.45) is 1.77. The molecule has 9 heteroatoms. The van der Waals surface area contributed by atoms with Crippen LogP contribution in [0, 0.1) is 13.8 Å². The third kappa shape index (κ3) is 5.15. The third-order valence-electron chi connectivity index (χ3n) is 6.52. The highest BCUT2D eigenvalue weighted by atomic mass is 35.5. The lowest BCUT2D eigenvalue weighted by molar-refractivity contribution is -0.119. The Labute approximate surface area is 231 Å². The van der Waals surface area contributed by atoms with E-state index >= 15 is 0 Å². The Kier molecular flexibility index (Phi) is 7.46. The molecule has 2 aromatic heterocycles. The Hall–Kier alpha value is -3.72. The van der Waals surface area contributed by atoms with E-state index < -0.39 is 0 Å². The molecule has 1 saturated heterocycles. The van der Waals surface area contributed by atoms with Gasteiger partial charge in [-0.3, -0.25) is 9.78 Å². The number of thiocarbonyl (C=S) groups is 1. The number of rotatable bonds is 7. The molecule has 7 nitrogen and oxygen atoms in total. The Bertz CT molecular complexity index is 1490. The molecule has 1 aliphatic rings. The largest absolute Gasteiger partial charge is 0.459 e. The first-order valence-corrected chi connectivity index (χ1v) is 12.9. The molecule has 1 aliphatic heterocycles. The minimum Gasteiger partial charge on any atom is -0.459 e. The lowest BCUT2D eigenvalue weighted by Crippen LogP contribution is -2.29. The first-order chi connectivity index (χ1) is 18.4. The highest BCUT2D eigenvalue weighted by Crippen LogP contribution is 2.43. The summed E-state index contributed by atoms with van der Waals surface area (Å²) in [4.78, 5) is 18.7. The van der Waals surface area contributed by atoms with Gasteiger partial charge in [-0.05, 0) is 91.8 Å². The zero-order valence-corrected chi connectivity index (χ0v) is 22.8. The van der Waals surface area contributed by atoms with Gasteiger partial charge in [0.2, 0.25) is 5.91 Å². The van der Waals surface area contributed by atoms with Crippen LogP contribution in [0.2, 0.25) is 5.02 Å². The van der Waals surface area contributed by atoms with Crippen LogP contribution in [-0.2, 0) is 9.53 Å². The van der Waals surface area contributed by atoms with Crippen LogP contribution in [-0.4, -0.2) is 29.7 Å². The lowest BCUT2D eigenvalue weighted by atomic mass is 10.0. The summed E-state index contributed by atoms with van der Waals surface area (Å²) in [5.41, 5.74) is 5.32. The molecule has 5 rings (SSSR count). The number of amides is 1. The second-order valence-corrected chi connectivity index (χ2v) is 9.96. The van der Waals surface area contributed by atoms with Crippen molar-refractivity contribution in [3.63, 3.8) is 0 Å². The highest BCUT2D eigenvalue weighted by molar-refractivity contribution is 7.80. The second kappa shape index (κ2) is 10.9. The van der Waals surface area contributed by atoms with Crippen LogP contribution < -0.4 is 15.5 Å². The number of halogens is 1. The van der Waals surface area contributed by atoms with E-state index in [1.165, 1.54) is 7.11 Å². The maximum absolute atomic E-state index is 12.1. The first-order valence-electron chi connectivity index (χ1n) is 12.1. The van der Waals surface area contributed by atoms with Gasteiger partial charge >= 0.3 is 0 Å². The number of pyridine rings is 1. The topological polar surface area (TPSA) is 79.6 Å². The van der Waals surface area contributed by atoms with E-state index in [0.29, 0.717) is 15.8 Å². The molecule has 2 aromatic carbocycles. The minimum atomic E-state index is -0.307. The van der Waals surface area contributed by atoms with E-state index in [-0.39, 0.29) is 24.6 Å². The highest BCUT2D eigenvalue weighted by Gasteiger charge is 2.42. The molecule has 2 atom stereocenters. The quantitative estimate of drug-likeness (QED) is 0.261. The average molecular weight is 547 g/mol. The fraction of sp³-hybridized carbons (Fsp3) is 0.207. The van der Waals surface area contributed by atoms with Gasteiger partial charge < -0.3 is 24.7 Å². The number of hydrogen-bond acceptors (Lipinski definition) is 5. The lowest BCUT2D eigenvalue weighted by Gasteiger charge is -2.27. The van der Waals surface area contributed by atoms with Gasteiger partial charge in [0, 0.05) is 35.3 Å². The van der Waals surface area contributed by atoms with Crippen LogP contribution in [0.1, 0.15) is 34.7 Å². The van der Waals surface area contributed by atoms with Gasteiger partial charge in [0.25, 0.3) is 0 Å².